The van der Waals surface area contributed by atoms with Crippen LogP contribution in [0.3, 0.4) is 0 Å². The van der Waals surface area contributed by atoms with Crippen LogP contribution in [0, 0.1) is 0 Å². The number of carbonyl (C=O) groups excluding carboxylic acids is 2. The number of carbonyl (C=O) groups is 2. The number of ether oxygens (including phenoxy) is 1. The highest BCUT2D eigenvalue weighted by Gasteiger charge is 2.08. The molecule has 0 saturated heterocycles. The van der Waals surface area contributed by atoms with E-state index < -0.39 is 0 Å². The molecule has 0 radical (unpaired) electrons. The van der Waals surface area contributed by atoms with Crippen molar-refractivity contribution in [3.63, 3.8) is 0 Å². The van der Waals surface area contributed by atoms with Crippen molar-refractivity contribution in [1.29, 1.82) is 0 Å². The van der Waals surface area contributed by atoms with Gasteiger partial charge < -0.3 is 20.7 Å². The van der Waals surface area contributed by atoms with Crippen molar-refractivity contribution in [3.8, 4) is 5.75 Å². The Morgan fingerprint density at radius 3 is 2.09 bits per heavy atom. The Labute approximate surface area is 192 Å². The molecule has 0 bridgehead atoms. The maximum atomic E-state index is 12.5. The van der Waals surface area contributed by atoms with Crippen LogP contribution < -0.4 is 20.7 Å². The average Bonchev–Trinajstić information content (AvgIpc) is 2.84. The minimum atomic E-state index is -0.227. The van der Waals surface area contributed by atoms with Crippen LogP contribution in [0.2, 0.25) is 0 Å². The molecule has 0 unspecified atom stereocenters. The van der Waals surface area contributed by atoms with Crippen LogP contribution in [0.15, 0.2) is 91.0 Å². The summed E-state index contributed by atoms with van der Waals surface area (Å²) < 4.78 is 5.40. The van der Waals surface area contributed by atoms with Crippen LogP contribution in [0.1, 0.15) is 17.3 Å². The topological polar surface area (TPSA) is 79.5 Å². The van der Waals surface area contributed by atoms with Gasteiger partial charge in [0.15, 0.2) is 0 Å². The molecule has 0 aliphatic heterocycles. The van der Waals surface area contributed by atoms with Crippen molar-refractivity contribution < 1.29 is 14.3 Å². The molecule has 0 fully saturated rings. The molecule has 0 saturated carbocycles. The summed E-state index contributed by atoms with van der Waals surface area (Å²) in [5, 5.41) is 11.1. The number of fused-ring (bicyclic) bond motifs is 1. The highest BCUT2D eigenvalue weighted by atomic mass is 16.5. The molecular formula is C27H25N3O3. The van der Waals surface area contributed by atoms with Crippen LogP contribution in [-0.2, 0) is 4.79 Å². The van der Waals surface area contributed by atoms with Gasteiger partial charge in [0.1, 0.15) is 5.75 Å². The zero-order valence-corrected chi connectivity index (χ0v) is 18.3. The maximum absolute atomic E-state index is 12.5. The van der Waals surface area contributed by atoms with E-state index in [0.717, 1.165) is 22.2 Å². The first-order valence-corrected chi connectivity index (χ1v) is 10.8. The molecule has 6 heteroatoms. The number of nitrogens with one attached hydrogen (secondary N) is 3. The monoisotopic (exact) mass is 439 g/mol. The van der Waals surface area contributed by atoms with Gasteiger partial charge in [0.05, 0.1) is 13.2 Å². The fourth-order valence-corrected chi connectivity index (χ4v) is 3.40. The summed E-state index contributed by atoms with van der Waals surface area (Å²) >= 11 is 0. The predicted molar refractivity (Wildman–Crippen MR) is 133 cm³/mol. The number of hydrogen-bond acceptors (Lipinski definition) is 4. The molecule has 33 heavy (non-hydrogen) atoms. The van der Waals surface area contributed by atoms with Gasteiger partial charge in [0.2, 0.25) is 5.91 Å². The summed E-state index contributed by atoms with van der Waals surface area (Å²) in [6.07, 6.45) is 0. The molecule has 6 nitrogen and oxygen atoms in total. The number of hydrogen-bond donors (Lipinski definition) is 3. The quantitative estimate of drug-likeness (QED) is 0.337. The summed E-state index contributed by atoms with van der Waals surface area (Å²) in [4.78, 5) is 24.8. The van der Waals surface area contributed by atoms with Crippen LogP contribution in [0.4, 0.5) is 17.1 Å². The Balaban J connectivity index is 1.29. The van der Waals surface area contributed by atoms with Gasteiger partial charge in [-0.3, -0.25) is 9.59 Å². The molecule has 0 spiro atoms. The van der Waals surface area contributed by atoms with Crippen molar-refractivity contribution in [2.24, 2.45) is 0 Å². The SMILES string of the molecule is CCOc1ccc(NC(=O)c2ccc(NC(=O)CNc3ccc4ccccc4c3)cc2)cc1. The zero-order chi connectivity index (χ0) is 23.0. The fraction of sp³-hybridized carbons (Fsp3) is 0.111. The minimum absolute atomic E-state index is 0.137. The largest absolute Gasteiger partial charge is 0.494 e. The Morgan fingerprint density at radius 1 is 0.727 bits per heavy atom. The molecule has 2 amide bonds. The van der Waals surface area contributed by atoms with Gasteiger partial charge in [-0.1, -0.05) is 30.3 Å². The van der Waals surface area contributed by atoms with Crippen molar-refractivity contribution in [2.75, 3.05) is 29.1 Å². The van der Waals surface area contributed by atoms with E-state index in [1.165, 1.54) is 0 Å². The number of anilines is 3. The lowest BCUT2D eigenvalue weighted by Gasteiger charge is -2.10. The fourth-order valence-electron chi connectivity index (χ4n) is 3.40. The Hall–Kier alpha value is -4.32. The number of amides is 2. The lowest BCUT2D eigenvalue weighted by molar-refractivity contribution is -0.114. The highest BCUT2D eigenvalue weighted by Crippen LogP contribution is 2.19. The summed E-state index contributed by atoms with van der Waals surface area (Å²) in [6, 6.07) is 28.0. The molecule has 4 aromatic rings. The van der Waals surface area contributed by atoms with E-state index in [9.17, 15) is 9.59 Å². The first-order chi connectivity index (χ1) is 16.1. The predicted octanol–water partition coefficient (Wildman–Crippen LogP) is 5.54. The van der Waals surface area contributed by atoms with E-state index in [-0.39, 0.29) is 18.4 Å². The number of rotatable bonds is 8. The molecule has 0 atom stereocenters. The minimum Gasteiger partial charge on any atom is -0.494 e. The van der Waals surface area contributed by atoms with E-state index in [1.54, 1.807) is 36.4 Å². The smallest absolute Gasteiger partial charge is 0.255 e. The van der Waals surface area contributed by atoms with E-state index >= 15 is 0 Å². The van der Waals surface area contributed by atoms with Crippen molar-refractivity contribution in [3.05, 3.63) is 96.6 Å². The van der Waals surface area contributed by atoms with E-state index in [4.69, 9.17) is 4.74 Å². The molecule has 3 N–H and O–H groups in total. The Bertz CT molecular complexity index is 1250. The van der Waals surface area contributed by atoms with Gasteiger partial charge >= 0.3 is 0 Å². The first-order valence-electron chi connectivity index (χ1n) is 10.8. The van der Waals surface area contributed by atoms with Gasteiger partial charge in [0.25, 0.3) is 5.91 Å². The molecule has 0 aliphatic rings. The second-order valence-corrected chi connectivity index (χ2v) is 7.45. The third-order valence-electron chi connectivity index (χ3n) is 5.06. The van der Waals surface area contributed by atoms with E-state index in [2.05, 4.69) is 16.0 Å². The van der Waals surface area contributed by atoms with Gasteiger partial charge in [-0.05, 0) is 78.4 Å². The van der Waals surface area contributed by atoms with Crippen molar-refractivity contribution in [1.82, 2.24) is 0 Å². The summed E-state index contributed by atoms with van der Waals surface area (Å²) in [7, 11) is 0. The standard InChI is InChI=1S/C27H25N3O3/c1-2-33-25-15-13-23(14-16-25)30-27(32)20-8-10-22(11-9-20)29-26(31)18-28-24-12-7-19-5-3-4-6-21(19)17-24/h3-17,28H,2,18H2,1H3,(H,29,31)(H,30,32). The molecule has 4 rings (SSSR count). The third kappa shape index (κ3) is 5.89. The van der Waals surface area contributed by atoms with E-state index in [0.29, 0.717) is 23.5 Å². The van der Waals surface area contributed by atoms with Gasteiger partial charge in [0, 0.05) is 22.6 Å². The lowest BCUT2D eigenvalue weighted by Crippen LogP contribution is -2.21. The molecule has 0 heterocycles. The van der Waals surface area contributed by atoms with E-state index in [1.807, 2.05) is 61.5 Å². The molecule has 166 valence electrons. The molecule has 0 aliphatic carbocycles. The zero-order valence-electron chi connectivity index (χ0n) is 18.3. The van der Waals surface area contributed by atoms with Gasteiger partial charge in [-0.15, -0.1) is 0 Å². The summed E-state index contributed by atoms with van der Waals surface area (Å²) in [6.45, 7) is 2.65. The second-order valence-electron chi connectivity index (χ2n) is 7.45. The second kappa shape index (κ2) is 10.3. The molecule has 4 aromatic carbocycles. The van der Waals surface area contributed by atoms with Crippen LogP contribution >= 0.6 is 0 Å². The summed E-state index contributed by atoms with van der Waals surface area (Å²) in [5.41, 5.74) is 2.68. The van der Waals surface area contributed by atoms with Crippen LogP contribution in [0.5, 0.6) is 5.75 Å². The maximum Gasteiger partial charge on any atom is 0.255 e. The molecule has 0 aromatic heterocycles. The first kappa shape index (κ1) is 21.9. The van der Waals surface area contributed by atoms with Crippen molar-refractivity contribution in [2.45, 2.75) is 6.92 Å². The average molecular weight is 440 g/mol. The van der Waals surface area contributed by atoms with Crippen molar-refractivity contribution >= 4 is 39.6 Å². The van der Waals surface area contributed by atoms with Gasteiger partial charge in [-0.2, -0.15) is 0 Å². The Kier molecular flexibility index (Phi) is 6.85. The normalized spacial score (nSPS) is 10.5. The van der Waals surface area contributed by atoms with Crippen LogP contribution in [-0.4, -0.2) is 25.0 Å². The number of benzene rings is 4. The molecular weight excluding hydrogens is 414 g/mol. The third-order valence-corrected chi connectivity index (χ3v) is 5.06. The van der Waals surface area contributed by atoms with Gasteiger partial charge in [-0.25, -0.2) is 0 Å². The summed E-state index contributed by atoms with van der Waals surface area (Å²) in [5.74, 6) is 0.357. The lowest BCUT2D eigenvalue weighted by atomic mass is 10.1. The highest BCUT2D eigenvalue weighted by molar-refractivity contribution is 6.04. The van der Waals surface area contributed by atoms with Crippen LogP contribution in [0.25, 0.3) is 10.8 Å². The Morgan fingerprint density at radius 2 is 1.36 bits per heavy atom.